The molecule has 6 heteroatoms. The lowest BCUT2D eigenvalue weighted by Gasteiger charge is -2.13. The van der Waals surface area contributed by atoms with E-state index in [-0.39, 0.29) is 0 Å². The number of hydrogen-bond acceptors (Lipinski definition) is 3. The molecule has 0 spiro atoms. The fourth-order valence-corrected chi connectivity index (χ4v) is 7.08. The Morgan fingerprint density at radius 3 is 1.62 bits per heavy atom. The molecule has 0 aliphatic carbocycles. The molecule has 2 aromatic carbocycles. The highest BCUT2D eigenvalue weighted by molar-refractivity contribution is 7.40. The summed E-state index contributed by atoms with van der Waals surface area (Å²) in [5, 5.41) is 2.81. The topological polar surface area (TPSA) is 38.7 Å². The van der Waals surface area contributed by atoms with Crippen LogP contribution >= 0.6 is 8.60 Å². The maximum Gasteiger partial charge on any atom is 0.329 e. The summed E-state index contributed by atoms with van der Waals surface area (Å²) >= 11 is 0. The molecule has 1 N–H and O–H groups in total. The summed E-state index contributed by atoms with van der Waals surface area (Å²) in [4.78, 5) is 9.92. The van der Waals surface area contributed by atoms with E-state index < -0.39 is 27.6 Å². The van der Waals surface area contributed by atoms with E-state index >= 15 is 0 Å². The van der Waals surface area contributed by atoms with Gasteiger partial charge >= 0.3 is 8.60 Å². The van der Waals surface area contributed by atoms with E-state index in [2.05, 4.69) is 64.1 Å². The summed E-state index contributed by atoms with van der Waals surface area (Å²) in [6.07, 6.45) is 1.25. The number of rotatable bonds is 8. The highest BCUT2D eigenvalue weighted by Crippen LogP contribution is 2.31. The molecule has 0 bridgehead atoms. The zero-order valence-electron chi connectivity index (χ0n) is 15.0. The second kappa shape index (κ2) is 9.61. The monoisotopic (exact) mass is 378 g/mol. The molecular formula is C18H27O3PSi2. The van der Waals surface area contributed by atoms with Crippen molar-refractivity contribution in [3.8, 4) is 0 Å². The molecule has 0 unspecified atom stereocenters. The second-order valence-electron chi connectivity index (χ2n) is 6.12. The molecule has 0 aliphatic heterocycles. The van der Waals surface area contributed by atoms with E-state index in [1.165, 1.54) is 32.6 Å². The van der Waals surface area contributed by atoms with Crippen LogP contribution in [0.15, 0.2) is 36.4 Å². The third kappa shape index (κ3) is 5.62. The summed E-state index contributed by atoms with van der Waals surface area (Å²) < 4.78 is 11.0. The van der Waals surface area contributed by atoms with Crippen LogP contribution in [0.25, 0.3) is 0 Å². The lowest BCUT2D eigenvalue weighted by Crippen LogP contribution is -2.24. The maximum absolute atomic E-state index is 9.92. The summed E-state index contributed by atoms with van der Waals surface area (Å²) in [6, 6.07) is 12.8. The fourth-order valence-electron chi connectivity index (χ4n) is 2.67. The predicted molar refractivity (Wildman–Crippen MR) is 109 cm³/mol. The van der Waals surface area contributed by atoms with Crippen LogP contribution in [0.4, 0.5) is 0 Å². The third-order valence-corrected chi connectivity index (χ3v) is 9.50. The van der Waals surface area contributed by atoms with E-state index in [4.69, 9.17) is 9.05 Å². The van der Waals surface area contributed by atoms with Crippen LogP contribution in [0.3, 0.4) is 0 Å². The van der Waals surface area contributed by atoms with E-state index in [9.17, 15) is 4.89 Å². The largest absolute Gasteiger partial charge is 0.329 e. The molecule has 2 aromatic rings. The molecule has 0 saturated heterocycles. The van der Waals surface area contributed by atoms with Gasteiger partial charge in [0.15, 0.2) is 0 Å². The standard InChI is InChI=1S/C18H27O3PSi2/c1-13-7-5-9-17(15(13)3)23-11-20-22(19)21-12-24-18-10-6-8-14(2)16(18)4/h5-10,19H,11-12,23-24H2,1-4H3. The van der Waals surface area contributed by atoms with E-state index in [0.29, 0.717) is 12.5 Å². The van der Waals surface area contributed by atoms with Crippen LogP contribution in [-0.4, -0.2) is 36.4 Å². The van der Waals surface area contributed by atoms with Gasteiger partial charge in [-0.2, -0.15) is 0 Å². The predicted octanol–water partition coefficient (Wildman–Crippen LogP) is 1.38. The van der Waals surface area contributed by atoms with Gasteiger partial charge in [-0.25, -0.2) is 0 Å². The normalized spacial score (nSPS) is 13.4. The van der Waals surface area contributed by atoms with Crippen molar-refractivity contribution >= 4 is 38.0 Å². The molecule has 0 heterocycles. The van der Waals surface area contributed by atoms with E-state index in [1.54, 1.807) is 0 Å². The molecule has 0 radical (unpaired) electrons. The molecule has 2 rings (SSSR count). The molecule has 130 valence electrons. The molecule has 24 heavy (non-hydrogen) atoms. The average molecular weight is 379 g/mol. The quantitative estimate of drug-likeness (QED) is 0.557. The molecule has 0 amide bonds. The van der Waals surface area contributed by atoms with Crippen molar-refractivity contribution in [3.63, 3.8) is 0 Å². The van der Waals surface area contributed by atoms with Gasteiger partial charge in [0, 0.05) is 12.5 Å². The Morgan fingerprint density at radius 2 is 1.21 bits per heavy atom. The second-order valence-corrected chi connectivity index (χ2v) is 10.5. The Kier molecular flexibility index (Phi) is 7.81. The molecule has 0 atom stereocenters. The van der Waals surface area contributed by atoms with Gasteiger partial charge in [-0.05, 0) is 49.9 Å². The van der Waals surface area contributed by atoms with Gasteiger partial charge in [-0.15, -0.1) is 0 Å². The Morgan fingerprint density at radius 1 is 0.792 bits per heavy atom. The van der Waals surface area contributed by atoms with Crippen molar-refractivity contribution in [1.29, 1.82) is 0 Å². The first kappa shape index (κ1) is 19.5. The molecule has 0 saturated carbocycles. The van der Waals surface area contributed by atoms with Crippen LogP contribution in [0.2, 0.25) is 0 Å². The van der Waals surface area contributed by atoms with Crippen molar-refractivity contribution in [1.82, 2.24) is 0 Å². The Labute approximate surface area is 151 Å². The van der Waals surface area contributed by atoms with Gasteiger partial charge in [-0.3, -0.25) is 0 Å². The van der Waals surface area contributed by atoms with Crippen LogP contribution < -0.4 is 10.4 Å². The Hall–Kier alpha value is -0.816. The molecule has 3 nitrogen and oxygen atoms in total. The van der Waals surface area contributed by atoms with Crippen molar-refractivity contribution in [3.05, 3.63) is 58.7 Å². The van der Waals surface area contributed by atoms with Gasteiger partial charge in [-0.1, -0.05) is 46.8 Å². The number of benzene rings is 2. The average Bonchev–Trinajstić information content (AvgIpc) is 2.55. The minimum Gasteiger partial charge on any atom is -0.328 e. The fraction of sp³-hybridized carbons (Fsp3) is 0.333. The van der Waals surface area contributed by atoms with E-state index in [0.717, 1.165) is 0 Å². The maximum atomic E-state index is 9.92. The van der Waals surface area contributed by atoms with E-state index in [1.807, 2.05) is 0 Å². The first-order chi connectivity index (χ1) is 11.5. The third-order valence-electron chi connectivity index (χ3n) is 4.58. The number of hydrogen-bond donors (Lipinski definition) is 1. The van der Waals surface area contributed by atoms with Crippen LogP contribution in [0.1, 0.15) is 22.3 Å². The highest BCUT2D eigenvalue weighted by Gasteiger charge is 2.09. The van der Waals surface area contributed by atoms with Crippen LogP contribution in [0, 0.1) is 27.7 Å². The minimum absolute atomic E-state index is 0.525. The highest BCUT2D eigenvalue weighted by atomic mass is 31.2. The zero-order chi connectivity index (χ0) is 17.5. The van der Waals surface area contributed by atoms with Gasteiger partial charge < -0.3 is 13.9 Å². The Bertz CT molecular complexity index is 622. The lowest BCUT2D eigenvalue weighted by molar-refractivity contribution is 0.249. The van der Waals surface area contributed by atoms with Crippen molar-refractivity contribution in [2.75, 3.05) is 12.5 Å². The van der Waals surface area contributed by atoms with Gasteiger partial charge in [0.05, 0.1) is 19.0 Å². The van der Waals surface area contributed by atoms with Crippen LogP contribution in [0.5, 0.6) is 0 Å². The van der Waals surface area contributed by atoms with Crippen molar-refractivity contribution < 1.29 is 13.9 Å². The first-order valence-electron chi connectivity index (χ1n) is 8.34. The van der Waals surface area contributed by atoms with Gasteiger partial charge in [0.1, 0.15) is 0 Å². The molecule has 0 aromatic heterocycles. The number of aryl methyl sites for hydroxylation is 2. The smallest absolute Gasteiger partial charge is 0.328 e. The summed E-state index contributed by atoms with van der Waals surface area (Å²) in [7, 11) is -2.79. The summed E-state index contributed by atoms with van der Waals surface area (Å²) in [5.41, 5.74) is 5.36. The molecular weight excluding hydrogens is 351 g/mol. The Balaban J connectivity index is 1.71. The first-order valence-corrected chi connectivity index (χ1v) is 12.9. The van der Waals surface area contributed by atoms with Crippen molar-refractivity contribution in [2.24, 2.45) is 0 Å². The van der Waals surface area contributed by atoms with Crippen LogP contribution in [-0.2, 0) is 9.05 Å². The van der Waals surface area contributed by atoms with Gasteiger partial charge in [0.25, 0.3) is 0 Å². The SMILES string of the molecule is Cc1cccc([SiH2]COP(O)OC[SiH2]c2cccc(C)c2C)c1C. The summed E-state index contributed by atoms with van der Waals surface area (Å²) in [5.74, 6) is 0. The summed E-state index contributed by atoms with van der Waals surface area (Å²) in [6.45, 7) is 8.58. The van der Waals surface area contributed by atoms with Gasteiger partial charge in [0.2, 0.25) is 0 Å². The molecule has 0 aliphatic rings. The minimum atomic E-state index is -1.74. The lowest BCUT2D eigenvalue weighted by atomic mass is 10.1. The zero-order valence-corrected chi connectivity index (χ0v) is 18.7. The molecule has 0 fully saturated rings. The van der Waals surface area contributed by atoms with Crippen molar-refractivity contribution in [2.45, 2.75) is 27.7 Å².